The molecular formula is C36H41FN6O2. The van der Waals surface area contributed by atoms with Gasteiger partial charge in [-0.05, 0) is 118 Å². The molecule has 1 aliphatic heterocycles. The molecule has 7 rings (SSSR count). The third-order valence-corrected chi connectivity index (χ3v) is 10.3. The summed E-state index contributed by atoms with van der Waals surface area (Å²) < 4.78 is 21.2. The number of nitrogens with zero attached hydrogens (tertiary/aromatic N) is 4. The normalized spacial score (nSPS) is 26.6. The molecule has 1 aromatic heterocycles. The van der Waals surface area contributed by atoms with Crippen molar-refractivity contribution >= 4 is 5.91 Å². The minimum atomic E-state index is -0.330. The third-order valence-electron chi connectivity index (χ3n) is 10.3. The Morgan fingerprint density at radius 2 is 1.91 bits per heavy atom. The number of carbonyl (C=O) groups is 1. The van der Waals surface area contributed by atoms with E-state index < -0.39 is 0 Å². The number of hydrazine groups is 1. The topological polar surface area (TPSA) is 103 Å². The molecule has 8 nitrogen and oxygen atoms in total. The zero-order valence-corrected chi connectivity index (χ0v) is 25.9. The maximum absolute atomic E-state index is 14.6. The van der Waals surface area contributed by atoms with Crippen LogP contribution in [0.3, 0.4) is 0 Å². The number of amides is 1. The van der Waals surface area contributed by atoms with Gasteiger partial charge in [-0.1, -0.05) is 6.07 Å². The van der Waals surface area contributed by atoms with E-state index >= 15 is 0 Å². The molecular weight excluding hydrogens is 567 g/mol. The zero-order valence-electron chi connectivity index (χ0n) is 25.9. The van der Waals surface area contributed by atoms with Gasteiger partial charge in [0.2, 0.25) is 5.91 Å². The van der Waals surface area contributed by atoms with Gasteiger partial charge in [-0.2, -0.15) is 5.26 Å². The molecule has 2 unspecified atom stereocenters. The van der Waals surface area contributed by atoms with Crippen LogP contribution in [0.2, 0.25) is 0 Å². The quantitative estimate of drug-likeness (QED) is 0.292. The molecule has 234 valence electrons. The van der Waals surface area contributed by atoms with Gasteiger partial charge < -0.3 is 10.1 Å². The first-order chi connectivity index (χ1) is 21.9. The summed E-state index contributed by atoms with van der Waals surface area (Å²) in [6, 6.07) is 12.9. The predicted molar refractivity (Wildman–Crippen MR) is 169 cm³/mol. The molecule has 4 aliphatic rings. The molecule has 3 aromatic rings. The van der Waals surface area contributed by atoms with Gasteiger partial charge >= 0.3 is 0 Å². The van der Waals surface area contributed by atoms with Crippen molar-refractivity contribution in [2.24, 2.45) is 5.92 Å². The molecule has 1 amide bonds. The molecule has 2 atom stereocenters. The Morgan fingerprint density at radius 3 is 2.69 bits per heavy atom. The largest absolute Gasteiger partial charge is 0.453 e. The first-order valence-electron chi connectivity index (χ1n) is 16.5. The summed E-state index contributed by atoms with van der Waals surface area (Å²) in [4.78, 5) is 20.5. The van der Waals surface area contributed by atoms with E-state index in [2.05, 4.69) is 26.8 Å². The van der Waals surface area contributed by atoms with Gasteiger partial charge in [0, 0.05) is 43.1 Å². The second kappa shape index (κ2) is 12.5. The summed E-state index contributed by atoms with van der Waals surface area (Å²) in [7, 11) is 0. The lowest BCUT2D eigenvalue weighted by atomic mass is 9.86. The number of halogens is 1. The highest BCUT2D eigenvalue weighted by molar-refractivity contribution is 5.76. The van der Waals surface area contributed by atoms with Crippen molar-refractivity contribution in [3.05, 3.63) is 71.6 Å². The van der Waals surface area contributed by atoms with Crippen LogP contribution in [0.4, 0.5) is 4.39 Å². The van der Waals surface area contributed by atoms with Crippen LogP contribution in [-0.4, -0.2) is 45.6 Å². The molecule has 45 heavy (non-hydrogen) atoms. The Labute approximate surface area is 264 Å². The van der Waals surface area contributed by atoms with Crippen LogP contribution in [0, 0.1) is 23.1 Å². The number of aromatic nitrogens is 2. The lowest BCUT2D eigenvalue weighted by Crippen LogP contribution is -2.46. The van der Waals surface area contributed by atoms with Crippen molar-refractivity contribution in [1.29, 1.82) is 5.26 Å². The van der Waals surface area contributed by atoms with E-state index in [9.17, 15) is 14.4 Å². The van der Waals surface area contributed by atoms with Gasteiger partial charge in [-0.3, -0.25) is 4.79 Å². The third kappa shape index (κ3) is 6.58. The summed E-state index contributed by atoms with van der Waals surface area (Å²) in [6.07, 6.45) is 14.0. The van der Waals surface area contributed by atoms with E-state index in [4.69, 9.17) is 9.72 Å². The second-order valence-corrected chi connectivity index (χ2v) is 13.6. The zero-order chi connectivity index (χ0) is 31.0. The monoisotopic (exact) mass is 608 g/mol. The number of carbonyl (C=O) groups excluding carboxylic acids is 1. The number of hydrogen-bond donors (Lipinski definition) is 2. The Hall–Kier alpha value is -3.87. The van der Waals surface area contributed by atoms with Crippen LogP contribution in [0.15, 0.2) is 48.9 Å². The summed E-state index contributed by atoms with van der Waals surface area (Å²) in [5, 5.41) is 15.0. The van der Waals surface area contributed by atoms with Gasteiger partial charge in [-0.25, -0.2) is 24.8 Å². The van der Waals surface area contributed by atoms with E-state index in [1.54, 1.807) is 31.6 Å². The minimum absolute atomic E-state index is 0.0585. The molecule has 2 heterocycles. The number of hydrogen-bond acceptors (Lipinski definition) is 7. The van der Waals surface area contributed by atoms with Gasteiger partial charge in [-0.15, -0.1) is 0 Å². The summed E-state index contributed by atoms with van der Waals surface area (Å²) in [5.74, 6) is 2.17. The highest BCUT2D eigenvalue weighted by atomic mass is 19.1. The molecule has 2 aromatic carbocycles. The minimum Gasteiger partial charge on any atom is -0.453 e. The fraction of sp³-hybridized carbons (Fsp3) is 0.500. The summed E-state index contributed by atoms with van der Waals surface area (Å²) >= 11 is 0. The molecule has 4 fully saturated rings. The standard InChI is InChI=1S/C36H41FN6O2/c1-23(44)41-29-8-2-24(3-9-29)21-43-15-14-36(42-43)13-12-27(18-36)35-34(20-39-22-40-35)45-33-11-7-28(37)17-32(33)30-10-4-25(19-38)16-31(30)26-5-6-26/h4,7,10-11,16-17,20,22,24,26-27,29,42H,2-3,5-6,8-9,12-15,18,21H2,1H3,(H,41,44)/t24-,27?,29-,36?. The molecule has 1 saturated heterocycles. The van der Waals surface area contributed by atoms with Gasteiger partial charge in [0.15, 0.2) is 5.75 Å². The average Bonchev–Trinajstić information content (AvgIpc) is 3.71. The van der Waals surface area contributed by atoms with Crippen LogP contribution in [0.1, 0.15) is 99.8 Å². The first kappa shape index (κ1) is 29.8. The van der Waals surface area contributed by atoms with Gasteiger partial charge in [0.1, 0.15) is 17.9 Å². The summed E-state index contributed by atoms with van der Waals surface area (Å²) in [5.41, 5.74) is 8.14. The number of nitrogens with one attached hydrogen (secondary N) is 2. The van der Waals surface area contributed by atoms with E-state index in [1.165, 1.54) is 12.1 Å². The maximum Gasteiger partial charge on any atom is 0.217 e. The van der Waals surface area contributed by atoms with Crippen molar-refractivity contribution in [2.75, 3.05) is 13.1 Å². The van der Waals surface area contributed by atoms with Crippen molar-refractivity contribution < 1.29 is 13.9 Å². The smallest absolute Gasteiger partial charge is 0.217 e. The van der Waals surface area contributed by atoms with E-state index in [-0.39, 0.29) is 23.2 Å². The Kier molecular flexibility index (Phi) is 8.28. The van der Waals surface area contributed by atoms with Crippen LogP contribution < -0.4 is 15.5 Å². The lowest BCUT2D eigenvalue weighted by molar-refractivity contribution is -0.119. The molecule has 1 spiro atoms. The molecule has 9 heteroatoms. The number of nitriles is 1. The van der Waals surface area contributed by atoms with Crippen LogP contribution in [0.25, 0.3) is 11.1 Å². The molecule has 0 radical (unpaired) electrons. The number of rotatable bonds is 8. The highest BCUT2D eigenvalue weighted by Gasteiger charge is 2.45. The number of benzene rings is 2. The molecule has 2 N–H and O–H groups in total. The SMILES string of the molecule is CC(=O)N[C@H]1CC[C@H](CN2CCC3(CCC(c4ncncc4Oc4ccc(F)cc4-c4ccc(C#N)cc4C4CC4)C3)N2)CC1. The van der Waals surface area contributed by atoms with E-state index in [1.807, 2.05) is 12.1 Å². The van der Waals surface area contributed by atoms with Crippen molar-refractivity contribution in [1.82, 2.24) is 25.7 Å². The van der Waals surface area contributed by atoms with Crippen molar-refractivity contribution in [2.45, 2.75) is 94.5 Å². The maximum atomic E-state index is 14.6. The summed E-state index contributed by atoms with van der Waals surface area (Å²) in [6.45, 7) is 3.69. The number of ether oxygens (including phenoxy) is 1. The predicted octanol–water partition coefficient (Wildman–Crippen LogP) is 6.74. The molecule has 3 aliphatic carbocycles. The Bertz CT molecular complexity index is 1610. The fourth-order valence-electron chi connectivity index (χ4n) is 7.95. The molecule has 0 bridgehead atoms. The first-order valence-corrected chi connectivity index (χ1v) is 16.5. The fourth-order valence-corrected chi connectivity index (χ4v) is 7.95. The van der Waals surface area contributed by atoms with Gasteiger partial charge in [0.25, 0.3) is 0 Å². The van der Waals surface area contributed by atoms with Crippen molar-refractivity contribution in [3.8, 4) is 28.7 Å². The van der Waals surface area contributed by atoms with Crippen molar-refractivity contribution in [3.63, 3.8) is 0 Å². The van der Waals surface area contributed by atoms with E-state index in [0.717, 1.165) is 94.1 Å². The van der Waals surface area contributed by atoms with Crippen LogP contribution >= 0.6 is 0 Å². The lowest BCUT2D eigenvalue weighted by Gasteiger charge is -2.33. The molecule has 3 saturated carbocycles. The highest BCUT2D eigenvalue weighted by Crippen LogP contribution is 2.49. The second-order valence-electron chi connectivity index (χ2n) is 13.6. The average molecular weight is 609 g/mol. The Morgan fingerprint density at radius 1 is 1.07 bits per heavy atom. The van der Waals surface area contributed by atoms with Crippen LogP contribution in [0.5, 0.6) is 11.5 Å². The van der Waals surface area contributed by atoms with Crippen LogP contribution in [-0.2, 0) is 4.79 Å². The van der Waals surface area contributed by atoms with Gasteiger partial charge in [0.05, 0.1) is 23.5 Å². The Balaban J connectivity index is 1.05. The van der Waals surface area contributed by atoms with E-state index in [0.29, 0.717) is 40.5 Å².